The van der Waals surface area contributed by atoms with Gasteiger partial charge in [0.2, 0.25) is 5.91 Å². The van der Waals surface area contributed by atoms with Crippen LogP contribution in [0.15, 0.2) is 30.3 Å². The van der Waals surface area contributed by atoms with Gasteiger partial charge in [0.05, 0.1) is 19.4 Å². The van der Waals surface area contributed by atoms with Crippen LogP contribution in [-0.4, -0.2) is 41.1 Å². The number of nitrogens with zero attached hydrogens (tertiary/aromatic N) is 1. The molecule has 1 atom stereocenters. The maximum absolute atomic E-state index is 12.1. The number of hydrogen-bond acceptors (Lipinski definition) is 3. The quantitative estimate of drug-likeness (QED) is 0.862. The second-order valence-corrected chi connectivity index (χ2v) is 4.89. The highest BCUT2D eigenvalue weighted by molar-refractivity contribution is 5.78. The molecule has 1 aromatic carbocycles. The number of carbonyl (C=O) groups excluding carboxylic acids is 1. The van der Waals surface area contributed by atoms with Crippen LogP contribution in [-0.2, 0) is 9.59 Å². The Kier molecular flexibility index (Phi) is 4.98. The van der Waals surface area contributed by atoms with Gasteiger partial charge in [0, 0.05) is 12.6 Å². The fourth-order valence-electron chi connectivity index (χ4n) is 2.49. The van der Waals surface area contributed by atoms with Crippen molar-refractivity contribution in [2.24, 2.45) is 0 Å². The minimum absolute atomic E-state index is 0.0234. The van der Waals surface area contributed by atoms with Crippen LogP contribution < -0.4 is 4.74 Å². The van der Waals surface area contributed by atoms with E-state index < -0.39 is 5.97 Å². The van der Waals surface area contributed by atoms with E-state index in [1.807, 2.05) is 30.3 Å². The second-order valence-electron chi connectivity index (χ2n) is 4.89. The topological polar surface area (TPSA) is 66.8 Å². The number of amides is 1. The van der Waals surface area contributed by atoms with Crippen LogP contribution in [0.4, 0.5) is 0 Å². The summed E-state index contributed by atoms with van der Waals surface area (Å²) in [6, 6.07) is 9.18. The Hall–Kier alpha value is -2.04. The molecule has 1 aliphatic heterocycles. The highest BCUT2D eigenvalue weighted by atomic mass is 16.5. The lowest BCUT2D eigenvalue weighted by atomic mass is 10.1. The summed E-state index contributed by atoms with van der Waals surface area (Å²) in [7, 11) is 0. The molecule has 1 saturated heterocycles. The average Bonchev–Trinajstić information content (AvgIpc) is 2.87. The molecule has 0 aromatic heterocycles. The maximum Gasteiger partial charge on any atom is 0.305 e. The molecule has 1 amide bonds. The van der Waals surface area contributed by atoms with Gasteiger partial charge in [-0.1, -0.05) is 18.2 Å². The van der Waals surface area contributed by atoms with Crippen molar-refractivity contribution < 1.29 is 19.4 Å². The van der Waals surface area contributed by atoms with Crippen LogP contribution in [0.2, 0.25) is 0 Å². The van der Waals surface area contributed by atoms with Crippen molar-refractivity contribution in [1.82, 2.24) is 4.90 Å². The summed E-state index contributed by atoms with van der Waals surface area (Å²) in [4.78, 5) is 24.5. The number of carboxylic acids is 1. The lowest BCUT2D eigenvalue weighted by molar-refractivity contribution is -0.140. The largest absolute Gasteiger partial charge is 0.493 e. The predicted molar refractivity (Wildman–Crippen MR) is 73.5 cm³/mol. The fraction of sp³-hybridized carbons (Fsp3) is 0.467. The van der Waals surface area contributed by atoms with Crippen molar-refractivity contribution in [3.63, 3.8) is 0 Å². The third-order valence-corrected chi connectivity index (χ3v) is 3.44. The summed E-state index contributed by atoms with van der Waals surface area (Å²) in [6.07, 6.45) is 1.97. The number of carbonyl (C=O) groups is 2. The van der Waals surface area contributed by atoms with Crippen LogP contribution in [0.25, 0.3) is 0 Å². The average molecular weight is 277 g/mol. The van der Waals surface area contributed by atoms with Crippen LogP contribution in [0.5, 0.6) is 5.75 Å². The third-order valence-electron chi connectivity index (χ3n) is 3.44. The molecule has 1 aliphatic rings. The second kappa shape index (κ2) is 6.93. The van der Waals surface area contributed by atoms with Crippen LogP contribution in [0.1, 0.15) is 25.7 Å². The molecule has 0 aliphatic carbocycles. The highest BCUT2D eigenvalue weighted by Gasteiger charge is 2.29. The predicted octanol–water partition coefficient (Wildman–Crippen LogP) is 1.92. The Morgan fingerprint density at radius 1 is 1.30 bits per heavy atom. The van der Waals surface area contributed by atoms with Crippen molar-refractivity contribution >= 4 is 11.9 Å². The molecule has 5 heteroatoms. The van der Waals surface area contributed by atoms with E-state index in [0.717, 1.165) is 18.6 Å². The first-order valence-corrected chi connectivity index (χ1v) is 6.86. The van der Waals surface area contributed by atoms with Gasteiger partial charge in [-0.15, -0.1) is 0 Å². The lowest BCUT2D eigenvalue weighted by Gasteiger charge is -2.23. The number of aliphatic carboxylic acids is 1. The van der Waals surface area contributed by atoms with E-state index in [1.54, 1.807) is 4.90 Å². The summed E-state index contributed by atoms with van der Waals surface area (Å²) < 4.78 is 5.49. The lowest BCUT2D eigenvalue weighted by Crippen LogP contribution is -2.37. The van der Waals surface area contributed by atoms with E-state index in [9.17, 15) is 9.59 Å². The molecule has 20 heavy (non-hydrogen) atoms. The Morgan fingerprint density at radius 3 is 2.75 bits per heavy atom. The number of ether oxygens (including phenoxy) is 1. The summed E-state index contributed by atoms with van der Waals surface area (Å²) in [5, 5.41) is 8.84. The van der Waals surface area contributed by atoms with E-state index in [1.165, 1.54) is 0 Å². The van der Waals surface area contributed by atoms with Gasteiger partial charge in [-0.2, -0.15) is 0 Å². The molecule has 5 nitrogen and oxygen atoms in total. The van der Waals surface area contributed by atoms with Crippen molar-refractivity contribution in [3.8, 4) is 5.75 Å². The van der Waals surface area contributed by atoms with Crippen molar-refractivity contribution in [3.05, 3.63) is 30.3 Å². The molecular formula is C15H19NO4. The molecule has 1 heterocycles. The van der Waals surface area contributed by atoms with Crippen molar-refractivity contribution in [2.45, 2.75) is 31.7 Å². The minimum Gasteiger partial charge on any atom is -0.493 e. The third kappa shape index (κ3) is 3.98. The number of hydrogen-bond donors (Lipinski definition) is 1. The fourth-order valence-corrected chi connectivity index (χ4v) is 2.49. The van der Waals surface area contributed by atoms with Crippen molar-refractivity contribution in [2.75, 3.05) is 13.2 Å². The van der Waals surface area contributed by atoms with Gasteiger partial charge >= 0.3 is 5.97 Å². The zero-order valence-corrected chi connectivity index (χ0v) is 11.3. The van der Waals surface area contributed by atoms with E-state index >= 15 is 0 Å². The normalized spacial score (nSPS) is 18.0. The number of likely N-dealkylation sites (tertiary alicyclic amines) is 1. The van der Waals surface area contributed by atoms with Crippen molar-refractivity contribution in [1.29, 1.82) is 0 Å². The SMILES string of the molecule is O=C(O)CC1CCCN1C(=O)CCOc1ccccc1. The first-order valence-electron chi connectivity index (χ1n) is 6.86. The summed E-state index contributed by atoms with van der Waals surface area (Å²) >= 11 is 0. The molecule has 2 rings (SSSR count). The molecule has 0 spiro atoms. The molecule has 108 valence electrons. The van der Waals surface area contributed by atoms with Gasteiger partial charge in [0.15, 0.2) is 0 Å². The van der Waals surface area contributed by atoms with Gasteiger partial charge in [-0.25, -0.2) is 0 Å². The Morgan fingerprint density at radius 2 is 2.05 bits per heavy atom. The molecule has 0 saturated carbocycles. The molecule has 1 fully saturated rings. The number of para-hydroxylation sites is 1. The summed E-state index contributed by atoms with van der Waals surface area (Å²) in [5.74, 6) is -0.135. The van der Waals surface area contributed by atoms with E-state index in [-0.39, 0.29) is 24.8 Å². The van der Waals surface area contributed by atoms with E-state index in [0.29, 0.717) is 13.2 Å². The molecular weight excluding hydrogens is 258 g/mol. The zero-order valence-electron chi connectivity index (χ0n) is 11.3. The van der Waals surface area contributed by atoms with Gasteiger partial charge in [-0.3, -0.25) is 9.59 Å². The highest BCUT2D eigenvalue weighted by Crippen LogP contribution is 2.21. The molecule has 1 unspecified atom stereocenters. The first-order chi connectivity index (χ1) is 9.66. The minimum atomic E-state index is -0.852. The number of carboxylic acid groups (broad SMARTS) is 1. The zero-order chi connectivity index (χ0) is 14.4. The standard InChI is InChI=1S/C15H19NO4/c17-14(8-10-20-13-6-2-1-3-7-13)16-9-4-5-12(16)11-15(18)19/h1-3,6-7,12H,4-5,8-11H2,(H,18,19). The number of benzene rings is 1. The Bertz CT molecular complexity index is 460. The Labute approximate surface area is 118 Å². The van der Waals surface area contributed by atoms with Gasteiger partial charge in [0.1, 0.15) is 5.75 Å². The summed E-state index contributed by atoms with van der Waals surface area (Å²) in [6.45, 7) is 0.973. The smallest absolute Gasteiger partial charge is 0.305 e. The first kappa shape index (κ1) is 14.4. The van der Waals surface area contributed by atoms with E-state index in [2.05, 4.69) is 0 Å². The van der Waals surface area contributed by atoms with Crippen LogP contribution >= 0.6 is 0 Å². The molecule has 0 radical (unpaired) electrons. The van der Waals surface area contributed by atoms with Crippen LogP contribution in [0.3, 0.4) is 0 Å². The number of rotatable bonds is 6. The van der Waals surface area contributed by atoms with E-state index in [4.69, 9.17) is 9.84 Å². The Balaban J connectivity index is 1.78. The summed E-state index contributed by atoms with van der Waals surface area (Å²) in [5.41, 5.74) is 0. The maximum atomic E-state index is 12.1. The van der Waals surface area contributed by atoms with Gasteiger partial charge < -0.3 is 14.7 Å². The van der Waals surface area contributed by atoms with Gasteiger partial charge in [0.25, 0.3) is 0 Å². The molecule has 1 aromatic rings. The van der Waals surface area contributed by atoms with Gasteiger partial charge in [-0.05, 0) is 25.0 Å². The monoisotopic (exact) mass is 277 g/mol. The molecule has 0 bridgehead atoms. The van der Waals surface area contributed by atoms with Crippen LogP contribution in [0, 0.1) is 0 Å². The molecule has 1 N–H and O–H groups in total.